The van der Waals surface area contributed by atoms with Crippen molar-refractivity contribution in [2.45, 2.75) is 32.4 Å². The lowest BCUT2D eigenvalue weighted by atomic mass is 9.91. The smallest absolute Gasteiger partial charge is 0.0783 e. The highest BCUT2D eigenvalue weighted by Gasteiger charge is 2.24. The van der Waals surface area contributed by atoms with Crippen LogP contribution in [-0.2, 0) is 0 Å². The zero-order chi connectivity index (χ0) is 12.6. The lowest BCUT2D eigenvalue weighted by molar-refractivity contribution is 0.0518. The van der Waals surface area contributed by atoms with E-state index in [0.717, 1.165) is 5.56 Å². The Balaban J connectivity index is 2.50. The fourth-order valence-electron chi connectivity index (χ4n) is 1.99. The third kappa shape index (κ3) is 2.48. The standard InChI is InChI=1S/C15H19NO/c1-10-4-5-11-6-7-12(9-13(11)8-10)14(16)15(2,3)17/h4-9,14,17H,16H2,1-3H3. The van der Waals surface area contributed by atoms with Crippen LogP contribution in [0.1, 0.15) is 31.0 Å². The largest absolute Gasteiger partial charge is 0.388 e. The van der Waals surface area contributed by atoms with Gasteiger partial charge in [-0.15, -0.1) is 0 Å². The van der Waals surface area contributed by atoms with Crippen molar-refractivity contribution in [3.63, 3.8) is 0 Å². The first kappa shape index (κ1) is 12.1. The Labute approximate surface area is 102 Å². The zero-order valence-electron chi connectivity index (χ0n) is 10.6. The number of hydrogen-bond donors (Lipinski definition) is 2. The van der Waals surface area contributed by atoms with Crippen LogP contribution in [0, 0.1) is 6.92 Å². The maximum atomic E-state index is 9.94. The predicted molar refractivity (Wildman–Crippen MR) is 71.9 cm³/mol. The third-order valence-corrected chi connectivity index (χ3v) is 3.14. The monoisotopic (exact) mass is 229 g/mol. The van der Waals surface area contributed by atoms with E-state index in [1.54, 1.807) is 13.8 Å². The van der Waals surface area contributed by atoms with Gasteiger partial charge in [-0.1, -0.05) is 35.9 Å². The second-order valence-electron chi connectivity index (χ2n) is 5.24. The van der Waals surface area contributed by atoms with Crippen LogP contribution in [0.25, 0.3) is 10.8 Å². The van der Waals surface area contributed by atoms with Gasteiger partial charge in [0.1, 0.15) is 0 Å². The van der Waals surface area contributed by atoms with Gasteiger partial charge >= 0.3 is 0 Å². The van der Waals surface area contributed by atoms with Gasteiger partial charge in [-0.3, -0.25) is 0 Å². The SMILES string of the molecule is Cc1ccc2ccc(C(N)C(C)(C)O)cc2c1. The van der Waals surface area contributed by atoms with Gasteiger partial charge in [0.25, 0.3) is 0 Å². The summed E-state index contributed by atoms with van der Waals surface area (Å²) in [5.41, 5.74) is 7.34. The van der Waals surface area contributed by atoms with Crippen LogP contribution in [0.15, 0.2) is 36.4 Å². The lowest BCUT2D eigenvalue weighted by Gasteiger charge is -2.26. The third-order valence-electron chi connectivity index (χ3n) is 3.14. The average molecular weight is 229 g/mol. The first-order valence-corrected chi connectivity index (χ1v) is 5.86. The van der Waals surface area contributed by atoms with E-state index in [4.69, 9.17) is 5.73 Å². The highest BCUT2D eigenvalue weighted by atomic mass is 16.3. The van der Waals surface area contributed by atoms with Gasteiger partial charge in [-0.2, -0.15) is 0 Å². The minimum Gasteiger partial charge on any atom is -0.388 e. The van der Waals surface area contributed by atoms with Crippen molar-refractivity contribution in [3.05, 3.63) is 47.5 Å². The van der Waals surface area contributed by atoms with Gasteiger partial charge < -0.3 is 10.8 Å². The summed E-state index contributed by atoms with van der Waals surface area (Å²) in [6, 6.07) is 12.1. The number of hydrogen-bond acceptors (Lipinski definition) is 2. The number of fused-ring (bicyclic) bond motifs is 1. The first-order valence-electron chi connectivity index (χ1n) is 5.86. The summed E-state index contributed by atoms with van der Waals surface area (Å²) in [6.45, 7) is 5.54. The molecule has 2 heteroatoms. The van der Waals surface area contributed by atoms with Crippen LogP contribution in [0.3, 0.4) is 0 Å². The van der Waals surface area contributed by atoms with E-state index in [1.807, 2.05) is 6.07 Å². The molecule has 2 aromatic rings. The number of benzene rings is 2. The molecule has 2 nitrogen and oxygen atoms in total. The molecule has 0 spiro atoms. The van der Waals surface area contributed by atoms with Crippen molar-refractivity contribution in [3.8, 4) is 0 Å². The molecule has 0 aromatic heterocycles. The van der Waals surface area contributed by atoms with Crippen LogP contribution in [-0.4, -0.2) is 10.7 Å². The summed E-state index contributed by atoms with van der Waals surface area (Å²) in [4.78, 5) is 0. The maximum absolute atomic E-state index is 9.94. The molecule has 1 unspecified atom stereocenters. The molecule has 0 radical (unpaired) electrons. The summed E-state index contributed by atoms with van der Waals surface area (Å²) in [5, 5.41) is 12.3. The molecule has 0 amide bonds. The quantitative estimate of drug-likeness (QED) is 0.831. The molecule has 0 bridgehead atoms. The predicted octanol–water partition coefficient (Wildman–Crippen LogP) is 2.92. The van der Waals surface area contributed by atoms with E-state index >= 15 is 0 Å². The van der Waals surface area contributed by atoms with E-state index in [1.165, 1.54) is 16.3 Å². The molecule has 0 aliphatic heterocycles. The summed E-state index contributed by atoms with van der Waals surface area (Å²) in [7, 11) is 0. The molecule has 0 aliphatic carbocycles. The van der Waals surface area contributed by atoms with Crippen LogP contribution < -0.4 is 5.73 Å². The Bertz CT molecular complexity index is 540. The number of nitrogens with two attached hydrogens (primary N) is 1. The van der Waals surface area contributed by atoms with Crippen molar-refractivity contribution in [2.24, 2.45) is 5.73 Å². The molecule has 0 saturated carbocycles. The van der Waals surface area contributed by atoms with E-state index in [9.17, 15) is 5.11 Å². The van der Waals surface area contributed by atoms with Crippen LogP contribution in [0.4, 0.5) is 0 Å². The summed E-state index contributed by atoms with van der Waals surface area (Å²) in [5.74, 6) is 0. The highest BCUT2D eigenvalue weighted by Crippen LogP contribution is 2.26. The van der Waals surface area contributed by atoms with E-state index < -0.39 is 5.60 Å². The molecule has 0 aliphatic rings. The van der Waals surface area contributed by atoms with Crippen LogP contribution in [0.2, 0.25) is 0 Å². The van der Waals surface area contributed by atoms with Gasteiger partial charge in [-0.25, -0.2) is 0 Å². The van der Waals surface area contributed by atoms with Crippen molar-refractivity contribution in [1.82, 2.24) is 0 Å². The van der Waals surface area contributed by atoms with Crippen molar-refractivity contribution >= 4 is 10.8 Å². The maximum Gasteiger partial charge on any atom is 0.0783 e. The van der Waals surface area contributed by atoms with Crippen molar-refractivity contribution in [1.29, 1.82) is 0 Å². The molecule has 0 fully saturated rings. The molecule has 90 valence electrons. The zero-order valence-corrected chi connectivity index (χ0v) is 10.6. The Kier molecular flexibility index (Phi) is 2.94. The lowest BCUT2D eigenvalue weighted by Crippen LogP contribution is -2.34. The van der Waals surface area contributed by atoms with Gasteiger partial charge in [0.05, 0.1) is 11.6 Å². The van der Waals surface area contributed by atoms with E-state index in [-0.39, 0.29) is 6.04 Å². The molecular formula is C15H19NO. The van der Waals surface area contributed by atoms with Crippen molar-refractivity contribution < 1.29 is 5.11 Å². The summed E-state index contributed by atoms with van der Waals surface area (Å²) >= 11 is 0. The van der Waals surface area contributed by atoms with Gasteiger partial charge in [0.15, 0.2) is 0 Å². The molecule has 2 rings (SSSR count). The Morgan fingerprint density at radius 1 is 1.06 bits per heavy atom. The number of aliphatic hydroxyl groups is 1. The Hall–Kier alpha value is -1.38. The summed E-state index contributed by atoms with van der Waals surface area (Å²) < 4.78 is 0. The molecule has 1 atom stereocenters. The van der Waals surface area contributed by atoms with Crippen LogP contribution in [0.5, 0.6) is 0 Å². The summed E-state index contributed by atoms with van der Waals surface area (Å²) in [6.07, 6.45) is 0. The van der Waals surface area contributed by atoms with E-state index in [0.29, 0.717) is 0 Å². The Morgan fingerprint density at radius 2 is 1.71 bits per heavy atom. The fourth-order valence-corrected chi connectivity index (χ4v) is 1.99. The number of aryl methyl sites for hydroxylation is 1. The first-order chi connectivity index (χ1) is 7.88. The second-order valence-corrected chi connectivity index (χ2v) is 5.24. The fraction of sp³-hybridized carbons (Fsp3) is 0.333. The van der Waals surface area contributed by atoms with Crippen molar-refractivity contribution in [2.75, 3.05) is 0 Å². The van der Waals surface area contributed by atoms with Gasteiger partial charge in [0.2, 0.25) is 0 Å². The molecule has 17 heavy (non-hydrogen) atoms. The molecule has 0 heterocycles. The molecular weight excluding hydrogens is 210 g/mol. The Morgan fingerprint density at radius 3 is 2.35 bits per heavy atom. The van der Waals surface area contributed by atoms with Gasteiger partial charge in [-0.05, 0) is 43.2 Å². The van der Waals surface area contributed by atoms with E-state index in [2.05, 4.69) is 37.3 Å². The average Bonchev–Trinajstić information content (AvgIpc) is 2.25. The highest BCUT2D eigenvalue weighted by molar-refractivity contribution is 5.83. The molecule has 3 N–H and O–H groups in total. The molecule has 0 saturated heterocycles. The number of rotatable bonds is 2. The molecule has 2 aromatic carbocycles. The minimum atomic E-state index is -0.905. The normalized spacial score (nSPS) is 13.9. The second kappa shape index (κ2) is 4.13. The van der Waals surface area contributed by atoms with Gasteiger partial charge in [0, 0.05) is 0 Å². The van der Waals surface area contributed by atoms with Crippen LogP contribution >= 0.6 is 0 Å². The minimum absolute atomic E-state index is 0.368. The topological polar surface area (TPSA) is 46.2 Å².